The Kier molecular flexibility index (Phi) is 6.90. The summed E-state index contributed by atoms with van der Waals surface area (Å²) in [5, 5.41) is -0.679. The largest absolute Gasteiger partial charge is 0.298 e. The molecule has 1 fully saturated rings. The van der Waals surface area contributed by atoms with E-state index in [2.05, 4.69) is 6.92 Å². The molecule has 1 aliphatic heterocycles. The second kappa shape index (κ2) is 7.93. The van der Waals surface area contributed by atoms with Gasteiger partial charge < -0.3 is 0 Å². The molecular weight excluding hydrogens is 248 g/mol. The summed E-state index contributed by atoms with van der Waals surface area (Å²) in [5.74, 6) is 0.171. The van der Waals surface area contributed by atoms with Crippen molar-refractivity contribution in [1.29, 1.82) is 0 Å². The fraction of sp³-hybridized carbons (Fsp3) is 0.929. The molecule has 106 valence electrons. The quantitative estimate of drug-likeness (QED) is 0.638. The predicted octanol–water partition coefficient (Wildman–Crippen LogP) is 3.27. The highest BCUT2D eigenvalue weighted by molar-refractivity contribution is 7.92. The molecule has 0 spiro atoms. The summed E-state index contributed by atoms with van der Waals surface area (Å²) < 4.78 is 23.6. The number of carbonyl (C=O) groups excluding carboxylic acids is 1. The number of unbranched alkanes of at least 4 members (excludes halogenated alkanes) is 5. The lowest BCUT2D eigenvalue weighted by molar-refractivity contribution is -0.119. The third-order valence-electron chi connectivity index (χ3n) is 3.71. The van der Waals surface area contributed by atoms with Gasteiger partial charge in [-0.25, -0.2) is 8.42 Å². The molecule has 3 nitrogen and oxygen atoms in total. The van der Waals surface area contributed by atoms with Gasteiger partial charge in [0.05, 0.1) is 5.75 Å². The first kappa shape index (κ1) is 15.7. The van der Waals surface area contributed by atoms with E-state index in [0.717, 1.165) is 25.7 Å². The van der Waals surface area contributed by atoms with Crippen LogP contribution in [0, 0.1) is 0 Å². The highest BCUT2D eigenvalue weighted by Gasteiger charge is 2.33. The Morgan fingerprint density at radius 3 is 2.39 bits per heavy atom. The lowest BCUT2D eigenvalue weighted by atomic mass is 10.0. The average Bonchev–Trinajstić information content (AvgIpc) is 2.32. The van der Waals surface area contributed by atoms with Crippen LogP contribution in [0.4, 0.5) is 0 Å². The highest BCUT2D eigenvalue weighted by atomic mass is 32.2. The van der Waals surface area contributed by atoms with Gasteiger partial charge in [0, 0.05) is 6.42 Å². The number of Topliss-reactive ketones (excluding diaryl/α,β-unsaturated/α-hetero) is 1. The van der Waals surface area contributed by atoms with Crippen LogP contribution in [0.25, 0.3) is 0 Å². The van der Waals surface area contributed by atoms with E-state index < -0.39 is 15.1 Å². The summed E-state index contributed by atoms with van der Waals surface area (Å²) in [6.45, 7) is 2.18. The van der Waals surface area contributed by atoms with E-state index in [0.29, 0.717) is 12.8 Å². The van der Waals surface area contributed by atoms with E-state index in [-0.39, 0.29) is 11.5 Å². The fourth-order valence-corrected chi connectivity index (χ4v) is 4.49. The number of hydrogen-bond acceptors (Lipinski definition) is 3. The summed E-state index contributed by atoms with van der Waals surface area (Å²) in [6.07, 6.45) is 9.39. The Morgan fingerprint density at radius 2 is 1.72 bits per heavy atom. The number of hydrogen-bond donors (Lipinski definition) is 0. The summed E-state index contributed by atoms with van der Waals surface area (Å²) in [7, 11) is -3.12. The van der Waals surface area contributed by atoms with E-state index in [4.69, 9.17) is 0 Å². The SMILES string of the molecule is CCCCCCCCC(=O)C1CCCCS1(=O)=O. The number of sulfone groups is 1. The van der Waals surface area contributed by atoms with Gasteiger partial charge in [-0.15, -0.1) is 0 Å². The van der Waals surface area contributed by atoms with Crippen molar-refractivity contribution < 1.29 is 13.2 Å². The van der Waals surface area contributed by atoms with Gasteiger partial charge in [-0.05, 0) is 19.3 Å². The Hall–Kier alpha value is -0.380. The minimum absolute atomic E-state index is 0.0369. The normalized spacial score (nSPS) is 22.8. The van der Waals surface area contributed by atoms with E-state index in [1.54, 1.807) is 0 Å². The molecule has 18 heavy (non-hydrogen) atoms. The van der Waals surface area contributed by atoms with Gasteiger partial charge >= 0.3 is 0 Å². The summed E-state index contributed by atoms with van der Waals surface area (Å²) in [6, 6.07) is 0. The number of ketones is 1. The van der Waals surface area contributed by atoms with Gasteiger partial charge in [0.25, 0.3) is 0 Å². The molecule has 1 rings (SSSR count). The van der Waals surface area contributed by atoms with Gasteiger partial charge in [-0.1, -0.05) is 45.4 Å². The Morgan fingerprint density at radius 1 is 1.06 bits per heavy atom. The van der Waals surface area contributed by atoms with Crippen LogP contribution in [-0.2, 0) is 14.6 Å². The minimum atomic E-state index is -3.12. The predicted molar refractivity (Wildman–Crippen MR) is 74.4 cm³/mol. The van der Waals surface area contributed by atoms with Gasteiger partial charge in [0.2, 0.25) is 0 Å². The van der Waals surface area contributed by atoms with Gasteiger partial charge in [0.15, 0.2) is 15.6 Å². The lowest BCUT2D eigenvalue weighted by Crippen LogP contribution is -2.35. The first-order chi connectivity index (χ1) is 8.58. The molecule has 1 atom stereocenters. The van der Waals surface area contributed by atoms with E-state index in [1.807, 2.05) is 0 Å². The molecule has 0 aliphatic carbocycles. The number of rotatable bonds is 8. The van der Waals surface area contributed by atoms with Crippen LogP contribution >= 0.6 is 0 Å². The molecule has 0 N–H and O–H groups in total. The standard InChI is InChI=1S/C14H26O3S/c1-2-3-4-5-6-7-10-13(15)14-11-8-9-12-18(14,16)17/h14H,2-12H2,1H3. The van der Waals surface area contributed by atoms with E-state index in [1.165, 1.54) is 25.7 Å². The van der Waals surface area contributed by atoms with Crippen molar-refractivity contribution in [2.75, 3.05) is 5.75 Å². The molecular formula is C14H26O3S. The fourth-order valence-electron chi connectivity index (χ4n) is 2.56. The summed E-state index contributed by atoms with van der Waals surface area (Å²) in [4.78, 5) is 11.9. The van der Waals surface area contributed by atoms with Crippen LogP contribution in [0.2, 0.25) is 0 Å². The molecule has 1 heterocycles. The van der Waals surface area contributed by atoms with Crippen LogP contribution in [0.3, 0.4) is 0 Å². The van der Waals surface area contributed by atoms with Crippen molar-refractivity contribution in [1.82, 2.24) is 0 Å². The molecule has 4 heteroatoms. The molecule has 0 amide bonds. The van der Waals surface area contributed by atoms with Crippen molar-refractivity contribution >= 4 is 15.6 Å². The molecule has 0 bridgehead atoms. The number of carbonyl (C=O) groups is 1. The van der Waals surface area contributed by atoms with Crippen molar-refractivity contribution in [3.63, 3.8) is 0 Å². The third kappa shape index (κ3) is 5.09. The molecule has 0 saturated carbocycles. The zero-order valence-electron chi connectivity index (χ0n) is 11.5. The van der Waals surface area contributed by atoms with Crippen molar-refractivity contribution in [2.45, 2.75) is 76.4 Å². The molecule has 0 aromatic rings. The Bertz CT molecular complexity index is 346. The second-order valence-corrected chi connectivity index (χ2v) is 7.64. The Balaban J connectivity index is 2.24. The second-order valence-electron chi connectivity index (χ2n) is 5.34. The first-order valence-corrected chi connectivity index (χ1v) is 9.03. The maximum atomic E-state index is 11.9. The average molecular weight is 274 g/mol. The zero-order valence-corrected chi connectivity index (χ0v) is 12.3. The molecule has 0 aromatic carbocycles. The van der Waals surface area contributed by atoms with Crippen molar-refractivity contribution in [3.8, 4) is 0 Å². The maximum Gasteiger partial charge on any atom is 0.160 e. The minimum Gasteiger partial charge on any atom is -0.298 e. The monoisotopic (exact) mass is 274 g/mol. The Labute approximate surface area is 111 Å². The lowest BCUT2D eigenvalue weighted by Gasteiger charge is -2.20. The van der Waals surface area contributed by atoms with E-state index in [9.17, 15) is 13.2 Å². The van der Waals surface area contributed by atoms with Gasteiger partial charge in [-0.3, -0.25) is 4.79 Å². The maximum absolute atomic E-state index is 11.9. The van der Waals surface area contributed by atoms with Crippen LogP contribution in [0.1, 0.15) is 71.1 Å². The molecule has 1 saturated heterocycles. The summed E-state index contributed by atoms with van der Waals surface area (Å²) >= 11 is 0. The van der Waals surface area contributed by atoms with Gasteiger partial charge in [-0.2, -0.15) is 0 Å². The van der Waals surface area contributed by atoms with Gasteiger partial charge in [0.1, 0.15) is 5.25 Å². The summed E-state index contributed by atoms with van der Waals surface area (Å²) in [5.41, 5.74) is 0. The molecule has 0 aromatic heterocycles. The van der Waals surface area contributed by atoms with Crippen LogP contribution in [0.5, 0.6) is 0 Å². The molecule has 1 unspecified atom stereocenters. The van der Waals surface area contributed by atoms with Crippen LogP contribution < -0.4 is 0 Å². The molecule has 0 radical (unpaired) electrons. The van der Waals surface area contributed by atoms with Crippen molar-refractivity contribution in [2.24, 2.45) is 0 Å². The van der Waals surface area contributed by atoms with Crippen LogP contribution in [-0.4, -0.2) is 25.2 Å². The van der Waals surface area contributed by atoms with Crippen LogP contribution in [0.15, 0.2) is 0 Å². The van der Waals surface area contributed by atoms with Crippen molar-refractivity contribution in [3.05, 3.63) is 0 Å². The highest BCUT2D eigenvalue weighted by Crippen LogP contribution is 2.22. The zero-order chi connectivity index (χ0) is 13.4. The molecule has 1 aliphatic rings. The van der Waals surface area contributed by atoms with E-state index >= 15 is 0 Å². The first-order valence-electron chi connectivity index (χ1n) is 7.32. The topological polar surface area (TPSA) is 51.2 Å². The third-order valence-corrected chi connectivity index (χ3v) is 5.94. The smallest absolute Gasteiger partial charge is 0.160 e.